The fourth-order valence-electron chi connectivity index (χ4n) is 2.68. The first-order valence-corrected chi connectivity index (χ1v) is 7.36. The molecule has 0 aliphatic heterocycles. The number of nitrogens with zero attached hydrogens (tertiary/aromatic N) is 6. The quantitative estimate of drug-likeness (QED) is 0.733. The standard InChI is InChI=1S/C15H13N7O2/c16-6-8-1-2-18-11(3-8)24-15-12-13(17)19-7-20-14(12)22(21-15)9-4-10(23)5-9/h1-3,7,9-10,23H,4-5H2,(H2,17,19,20)/t9-,10-. The van der Waals surface area contributed by atoms with Crippen molar-refractivity contribution in [3.05, 3.63) is 30.2 Å². The van der Waals surface area contributed by atoms with Gasteiger partial charge in [-0.1, -0.05) is 0 Å². The van der Waals surface area contributed by atoms with Crippen LogP contribution in [0, 0.1) is 11.3 Å². The highest BCUT2D eigenvalue weighted by Crippen LogP contribution is 2.38. The molecule has 0 aromatic carbocycles. The molecule has 0 saturated heterocycles. The molecule has 4 rings (SSSR count). The van der Waals surface area contributed by atoms with Gasteiger partial charge in [-0.2, -0.15) is 5.26 Å². The van der Waals surface area contributed by atoms with Gasteiger partial charge in [-0.25, -0.2) is 19.6 Å². The molecule has 24 heavy (non-hydrogen) atoms. The van der Waals surface area contributed by atoms with Crippen LogP contribution >= 0.6 is 0 Å². The van der Waals surface area contributed by atoms with Crippen molar-refractivity contribution in [3.8, 4) is 17.8 Å². The van der Waals surface area contributed by atoms with Gasteiger partial charge < -0.3 is 15.6 Å². The first kappa shape index (κ1) is 14.3. The van der Waals surface area contributed by atoms with Gasteiger partial charge in [0.2, 0.25) is 5.88 Å². The van der Waals surface area contributed by atoms with E-state index in [-0.39, 0.29) is 29.7 Å². The van der Waals surface area contributed by atoms with Gasteiger partial charge >= 0.3 is 0 Å². The van der Waals surface area contributed by atoms with Crippen LogP contribution in [0.5, 0.6) is 11.8 Å². The largest absolute Gasteiger partial charge is 0.418 e. The van der Waals surface area contributed by atoms with E-state index in [1.807, 2.05) is 6.07 Å². The minimum Gasteiger partial charge on any atom is -0.418 e. The van der Waals surface area contributed by atoms with Gasteiger partial charge in [0.15, 0.2) is 5.65 Å². The van der Waals surface area contributed by atoms with Gasteiger partial charge in [-0.15, -0.1) is 5.10 Å². The van der Waals surface area contributed by atoms with Crippen molar-refractivity contribution >= 4 is 16.9 Å². The number of aliphatic hydroxyl groups is 1. The summed E-state index contributed by atoms with van der Waals surface area (Å²) in [6, 6.07) is 5.15. The first-order valence-electron chi connectivity index (χ1n) is 7.36. The number of hydrogen-bond donors (Lipinski definition) is 2. The van der Waals surface area contributed by atoms with E-state index in [1.165, 1.54) is 18.6 Å². The molecule has 3 aromatic heterocycles. The van der Waals surface area contributed by atoms with E-state index in [9.17, 15) is 5.11 Å². The predicted octanol–water partition coefficient (Wildman–Crippen LogP) is 1.16. The number of nitrogens with two attached hydrogens (primary N) is 1. The molecule has 3 aromatic rings. The summed E-state index contributed by atoms with van der Waals surface area (Å²) in [5, 5.41) is 23.4. The van der Waals surface area contributed by atoms with Crippen molar-refractivity contribution in [1.82, 2.24) is 24.7 Å². The van der Waals surface area contributed by atoms with Gasteiger partial charge in [0.05, 0.1) is 23.8 Å². The summed E-state index contributed by atoms with van der Waals surface area (Å²) in [7, 11) is 0. The Labute approximate surface area is 136 Å². The van der Waals surface area contributed by atoms with Gasteiger partial charge in [0, 0.05) is 12.3 Å². The molecule has 1 saturated carbocycles. The molecule has 1 aliphatic carbocycles. The van der Waals surface area contributed by atoms with Crippen LogP contribution in [0.15, 0.2) is 24.7 Å². The summed E-state index contributed by atoms with van der Waals surface area (Å²) in [6.45, 7) is 0. The maximum atomic E-state index is 9.54. The molecular formula is C15H13N7O2. The number of anilines is 1. The molecule has 120 valence electrons. The Bertz CT molecular complexity index is 956. The zero-order chi connectivity index (χ0) is 16.7. The van der Waals surface area contributed by atoms with Gasteiger partial charge in [-0.3, -0.25) is 0 Å². The zero-order valence-electron chi connectivity index (χ0n) is 12.5. The summed E-state index contributed by atoms with van der Waals surface area (Å²) >= 11 is 0. The van der Waals surface area contributed by atoms with Crippen LogP contribution in [0.3, 0.4) is 0 Å². The fourth-order valence-corrected chi connectivity index (χ4v) is 2.68. The maximum absolute atomic E-state index is 9.54. The Morgan fingerprint density at radius 3 is 2.92 bits per heavy atom. The molecule has 9 nitrogen and oxygen atoms in total. The number of aliphatic hydroxyl groups excluding tert-OH is 1. The average Bonchev–Trinajstić information content (AvgIpc) is 2.91. The van der Waals surface area contributed by atoms with Crippen LogP contribution < -0.4 is 10.5 Å². The first-order chi connectivity index (χ1) is 11.7. The maximum Gasteiger partial charge on any atom is 0.253 e. The van der Waals surface area contributed by atoms with Crippen LogP contribution in [-0.4, -0.2) is 35.9 Å². The van der Waals surface area contributed by atoms with Crippen LogP contribution in [-0.2, 0) is 0 Å². The van der Waals surface area contributed by atoms with Crippen LogP contribution in [0.1, 0.15) is 24.4 Å². The number of ether oxygens (including phenoxy) is 1. The van der Waals surface area contributed by atoms with Crippen molar-refractivity contribution in [2.45, 2.75) is 25.0 Å². The third kappa shape index (κ3) is 2.29. The highest BCUT2D eigenvalue weighted by molar-refractivity contribution is 5.90. The number of rotatable bonds is 3. The molecule has 1 fully saturated rings. The lowest BCUT2D eigenvalue weighted by atomic mass is 9.90. The van der Waals surface area contributed by atoms with Crippen LogP contribution in [0.4, 0.5) is 5.82 Å². The molecule has 0 amide bonds. The SMILES string of the molecule is N#Cc1ccnc(Oc2nn([C@H]3C[C@H](O)C3)c3ncnc(N)c23)c1. The highest BCUT2D eigenvalue weighted by atomic mass is 16.5. The Morgan fingerprint density at radius 2 is 2.17 bits per heavy atom. The van der Waals surface area contributed by atoms with E-state index >= 15 is 0 Å². The molecule has 0 unspecified atom stereocenters. The zero-order valence-corrected chi connectivity index (χ0v) is 12.5. The Morgan fingerprint density at radius 1 is 1.33 bits per heavy atom. The minimum atomic E-state index is -0.327. The molecular weight excluding hydrogens is 310 g/mol. The van der Waals surface area contributed by atoms with E-state index in [0.717, 1.165) is 0 Å². The summed E-state index contributed by atoms with van der Waals surface area (Å²) in [6.07, 6.45) is 3.72. The topological polar surface area (TPSA) is 136 Å². The fraction of sp³-hybridized carbons (Fsp3) is 0.267. The van der Waals surface area contributed by atoms with Crippen molar-refractivity contribution in [1.29, 1.82) is 5.26 Å². The molecule has 1 aliphatic rings. The molecule has 0 atom stereocenters. The van der Waals surface area contributed by atoms with Crippen molar-refractivity contribution in [2.24, 2.45) is 0 Å². The Kier molecular flexibility index (Phi) is 3.25. The molecule has 3 N–H and O–H groups in total. The van der Waals surface area contributed by atoms with Crippen LogP contribution in [0.25, 0.3) is 11.0 Å². The monoisotopic (exact) mass is 323 g/mol. The molecule has 0 radical (unpaired) electrons. The molecule has 0 bridgehead atoms. The van der Waals surface area contributed by atoms with E-state index < -0.39 is 0 Å². The third-order valence-corrected chi connectivity index (χ3v) is 3.99. The lowest BCUT2D eigenvalue weighted by Crippen LogP contribution is -2.31. The van der Waals surface area contributed by atoms with Crippen molar-refractivity contribution in [2.75, 3.05) is 5.73 Å². The Hall–Kier alpha value is -3.25. The van der Waals surface area contributed by atoms with Crippen molar-refractivity contribution in [3.63, 3.8) is 0 Å². The van der Waals surface area contributed by atoms with E-state index in [2.05, 4.69) is 20.1 Å². The summed E-state index contributed by atoms with van der Waals surface area (Å²) in [5.74, 6) is 0.710. The number of pyridine rings is 1. The van der Waals surface area contributed by atoms with E-state index in [0.29, 0.717) is 29.4 Å². The highest BCUT2D eigenvalue weighted by Gasteiger charge is 2.32. The number of fused-ring (bicyclic) bond motifs is 1. The third-order valence-electron chi connectivity index (χ3n) is 3.99. The van der Waals surface area contributed by atoms with Gasteiger partial charge in [0.1, 0.15) is 17.5 Å². The summed E-state index contributed by atoms with van der Waals surface area (Å²) in [5.41, 5.74) is 6.93. The second-order valence-electron chi connectivity index (χ2n) is 5.58. The second kappa shape index (κ2) is 5.43. The normalized spacial score (nSPS) is 19.7. The average molecular weight is 323 g/mol. The Balaban J connectivity index is 1.78. The molecule has 9 heteroatoms. The smallest absolute Gasteiger partial charge is 0.253 e. The predicted molar refractivity (Wildman–Crippen MR) is 83.0 cm³/mol. The lowest BCUT2D eigenvalue weighted by Gasteiger charge is -2.31. The molecule has 0 spiro atoms. The van der Waals surface area contributed by atoms with E-state index in [1.54, 1.807) is 10.7 Å². The van der Waals surface area contributed by atoms with E-state index in [4.69, 9.17) is 15.7 Å². The molecule has 3 heterocycles. The lowest BCUT2D eigenvalue weighted by molar-refractivity contribution is 0.0446. The summed E-state index contributed by atoms with van der Waals surface area (Å²) < 4.78 is 7.42. The number of hydrogen-bond acceptors (Lipinski definition) is 8. The van der Waals surface area contributed by atoms with Gasteiger partial charge in [-0.05, 0) is 18.9 Å². The van der Waals surface area contributed by atoms with Crippen LogP contribution in [0.2, 0.25) is 0 Å². The summed E-state index contributed by atoms with van der Waals surface area (Å²) in [4.78, 5) is 12.3. The van der Waals surface area contributed by atoms with Crippen molar-refractivity contribution < 1.29 is 9.84 Å². The minimum absolute atomic E-state index is 0.0348. The number of nitrogen functional groups attached to an aromatic ring is 1. The second-order valence-corrected chi connectivity index (χ2v) is 5.58. The number of nitriles is 1. The number of aromatic nitrogens is 5. The van der Waals surface area contributed by atoms with Gasteiger partial charge in [0.25, 0.3) is 5.88 Å².